The van der Waals surface area contributed by atoms with Gasteiger partial charge in [0.05, 0.1) is 0 Å². The summed E-state index contributed by atoms with van der Waals surface area (Å²) in [7, 11) is 0.0727. The lowest BCUT2D eigenvalue weighted by molar-refractivity contribution is -0.171. The van der Waals surface area contributed by atoms with E-state index in [0.717, 1.165) is 12.5 Å². The van der Waals surface area contributed by atoms with E-state index in [1.54, 1.807) is 0 Å². The average Bonchev–Trinajstić information content (AvgIpc) is 2.41. The standard InChI is InChI=1S/C16H26O6Si/c1-7-15(19)22-14(8-10(2)3)11(4)9-23-16(20-12(5)17)21-13(6)18/h7,10-11,14,16H,1,8-9H2,2-6H3. The van der Waals surface area contributed by atoms with E-state index in [4.69, 9.17) is 14.2 Å². The van der Waals surface area contributed by atoms with Crippen LogP contribution in [0, 0.1) is 11.8 Å². The van der Waals surface area contributed by atoms with Crippen LogP contribution in [0.1, 0.15) is 41.0 Å². The molecule has 23 heavy (non-hydrogen) atoms. The number of hydrogen-bond donors (Lipinski definition) is 0. The highest BCUT2D eigenvalue weighted by atomic mass is 28.2. The van der Waals surface area contributed by atoms with Crippen molar-refractivity contribution in [3.05, 3.63) is 12.7 Å². The zero-order valence-electron chi connectivity index (χ0n) is 14.5. The zero-order valence-corrected chi connectivity index (χ0v) is 15.5. The molecule has 0 aromatic rings. The molecule has 0 saturated heterocycles. The maximum Gasteiger partial charge on any atom is 0.330 e. The second-order valence-corrected chi connectivity index (χ2v) is 7.03. The zero-order chi connectivity index (χ0) is 18.0. The molecule has 0 bridgehead atoms. The quantitative estimate of drug-likeness (QED) is 0.262. The molecule has 0 N–H and O–H groups in total. The molecule has 0 aliphatic carbocycles. The lowest BCUT2D eigenvalue weighted by Crippen LogP contribution is -2.33. The number of hydrogen-bond acceptors (Lipinski definition) is 6. The van der Waals surface area contributed by atoms with Gasteiger partial charge in [0, 0.05) is 19.9 Å². The molecule has 2 radical (unpaired) electrons. The Morgan fingerprint density at radius 3 is 1.96 bits per heavy atom. The van der Waals surface area contributed by atoms with Crippen molar-refractivity contribution in [2.45, 2.75) is 59.1 Å². The minimum Gasteiger partial charge on any atom is -0.459 e. The largest absolute Gasteiger partial charge is 0.459 e. The van der Waals surface area contributed by atoms with Crippen LogP contribution in [0.5, 0.6) is 0 Å². The van der Waals surface area contributed by atoms with Gasteiger partial charge in [-0.15, -0.1) is 0 Å². The number of esters is 3. The van der Waals surface area contributed by atoms with Crippen molar-refractivity contribution in [1.82, 2.24) is 0 Å². The van der Waals surface area contributed by atoms with Crippen molar-refractivity contribution < 1.29 is 28.6 Å². The molecule has 2 atom stereocenters. The molecule has 130 valence electrons. The fourth-order valence-electron chi connectivity index (χ4n) is 1.88. The summed E-state index contributed by atoms with van der Waals surface area (Å²) in [6.45, 7) is 12.0. The first-order chi connectivity index (χ1) is 10.6. The molecule has 0 heterocycles. The van der Waals surface area contributed by atoms with Crippen molar-refractivity contribution in [1.29, 1.82) is 0 Å². The maximum atomic E-state index is 11.5. The molecule has 0 aliphatic heterocycles. The summed E-state index contributed by atoms with van der Waals surface area (Å²) in [5, 5.41) is 0. The molecule has 2 unspecified atom stereocenters. The molecular weight excluding hydrogens is 316 g/mol. The van der Waals surface area contributed by atoms with Gasteiger partial charge in [0.25, 0.3) is 0 Å². The molecule has 0 spiro atoms. The smallest absolute Gasteiger partial charge is 0.330 e. The monoisotopic (exact) mass is 342 g/mol. The highest BCUT2D eigenvalue weighted by Gasteiger charge is 2.25. The van der Waals surface area contributed by atoms with Crippen LogP contribution >= 0.6 is 0 Å². The normalized spacial score (nSPS) is 13.3. The highest BCUT2D eigenvalue weighted by molar-refractivity contribution is 6.37. The second kappa shape index (κ2) is 11.0. The predicted octanol–water partition coefficient (Wildman–Crippen LogP) is 2.30. The summed E-state index contributed by atoms with van der Waals surface area (Å²) in [5.74, 6) is -1.96. The van der Waals surface area contributed by atoms with E-state index in [0.29, 0.717) is 12.0 Å². The van der Waals surface area contributed by atoms with Crippen LogP contribution in [0.15, 0.2) is 12.7 Å². The van der Waals surface area contributed by atoms with Crippen LogP contribution in [-0.4, -0.2) is 39.4 Å². The first-order valence-electron chi connectivity index (χ1n) is 7.56. The first-order valence-corrected chi connectivity index (χ1v) is 8.85. The topological polar surface area (TPSA) is 78.9 Å². The highest BCUT2D eigenvalue weighted by Crippen LogP contribution is 2.21. The Kier molecular flexibility index (Phi) is 10.2. The Bertz CT molecular complexity index is 405. The van der Waals surface area contributed by atoms with Crippen molar-refractivity contribution >= 4 is 27.4 Å². The van der Waals surface area contributed by atoms with E-state index >= 15 is 0 Å². The third-order valence-corrected chi connectivity index (χ3v) is 4.37. The van der Waals surface area contributed by atoms with Crippen LogP contribution in [-0.2, 0) is 28.6 Å². The van der Waals surface area contributed by atoms with Crippen LogP contribution in [0.25, 0.3) is 0 Å². The van der Waals surface area contributed by atoms with Crippen LogP contribution < -0.4 is 0 Å². The van der Waals surface area contributed by atoms with Gasteiger partial charge in [-0.3, -0.25) is 9.59 Å². The summed E-state index contributed by atoms with van der Waals surface area (Å²) in [5.41, 5.74) is 0. The molecule has 6 nitrogen and oxygen atoms in total. The maximum absolute atomic E-state index is 11.5. The van der Waals surface area contributed by atoms with E-state index in [1.807, 2.05) is 20.8 Å². The molecular formula is C16H26O6Si. The SMILES string of the molecule is C=CC(=O)OC(CC(C)C)C(C)C[Si]C(OC(C)=O)OC(C)=O. The van der Waals surface area contributed by atoms with Crippen LogP contribution in [0.3, 0.4) is 0 Å². The van der Waals surface area contributed by atoms with Crippen LogP contribution in [0.2, 0.25) is 6.04 Å². The Morgan fingerprint density at radius 2 is 1.57 bits per heavy atom. The minimum atomic E-state index is -0.887. The number of ether oxygens (including phenoxy) is 3. The molecule has 0 aromatic heterocycles. The third-order valence-electron chi connectivity index (χ3n) is 2.93. The fraction of sp³-hybridized carbons (Fsp3) is 0.688. The predicted molar refractivity (Wildman–Crippen MR) is 86.6 cm³/mol. The van der Waals surface area contributed by atoms with E-state index in [1.165, 1.54) is 13.8 Å². The minimum absolute atomic E-state index is 0.0354. The van der Waals surface area contributed by atoms with Gasteiger partial charge < -0.3 is 14.2 Å². The molecule has 0 saturated carbocycles. The average molecular weight is 342 g/mol. The van der Waals surface area contributed by atoms with Gasteiger partial charge in [-0.05, 0) is 24.3 Å². The van der Waals surface area contributed by atoms with Gasteiger partial charge >= 0.3 is 17.9 Å². The van der Waals surface area contributed by atoms with Crippen molar-refractivity contribution in [2.75, 3.05) is 0 Å². The van der Waals surface area contributed by atoms with Gasteiger partial charge in [0.1, 0.15) is 6.10 Å². The van der Waals surface area contributed by atoms with Gasteiger partial charge in [-0.2, -0.15) is 0 Å². The Labute approximate surface area is 140 Å². The molecule has 0 rings (SSSR count). The van der Waals surface area contributed by atoms with Gasteiger partial charge in [0.2, 0.25) is 5.91 Å². The third kappa shape index (κ3) is 10.7. The van der Waals surface area contributed by atoms with Crippen LogP contribution in [0.4, 0.5) is 0 Å². The van der Waals surface area contributed by atoms with E-state index < -0.39 is 23.8 Å². The summed E-state index contributed by atoms with van der Waals surface area (Å²) >= 11 is 0. The lowest BCUT2D eigenvalue weighted by atomic mass is 9.97. The Hall–Kier alpha value is -1.63. The first kappa shape index (κ1) is 21.4. The van der Waals surface area contributed by atoms with Gasteiger partial charge in [0.15, 0.2) is 9.52 Å². The summed E-state index contributed by atoms with van der Waals surface area (Å²) in [6.07, 6.45) is 1.60. The summed E-state index contributed by atoms with van der Waals surface area (Å²) in [4.78, 5) is 33.6. The van der Waals surface area contributed by atoms with Gasteiger partial charge in [-0.25, -0.2) is 4.79 Å². The summed E-state index contributed by atoms with van der Waals surface area (Å²) in [6, 6.07) is 0.604. The lowest BCUT2D eigenvalue weighted by Gasteiger charge is -2.26. The number of rotatable bonds is 10. The number of carbonyl (C=O) groups excluding carboxylic acids is 3. The van der Waals surface area contributed by atoms with E-state index in [-0.39, 0.29) is 21.5 Å². The fourth-order valence-corrected chi connectivity index (χ4v) is 3.21. The van der Waals surface area contributed by atoms with Crippen molar-refractivity contribution in [2.24, 2.45) is 11.8 Å². The molecule has 0 fully saturated rings. The molecule has 0 aromatic carbocycles. The Morgan fingerprint density at radius 1 is 1.04 bits per heavy atom. The van der Waals surface area contributed by atoms with E-state index in [2.05, 4.69) is 6.58 Å². The molecule has 0 amide bonds. The van der Waals surface area contributed by atoms with Crippen molar-refractivity contribution in [3.8, 4) is 0 Å². The second-order valence-electron chi connectivity index (χ2n) is 5.75. The number of carbonyl (C=O) groups is 3. The molecule has 0 aliphatic rings. The summed E-state index contributed by atoms with van der Waals surface area (Å²) < 4.78 is 15.4. The Balaban J connectivity index is 4.69. The van der Waals surface area contributed by atoms with E-state index in [9.17, 15) is 14.4 Å². The van der Waals surface area contributed by atoms with Crippen molar-refractivity contribution in [3.63, 3.8) is 0 Å². The molecule has 7 heteroatoms. The van der Waals surface area contributed by atoms with Gasteiger partial charge in [-0.1, -0.05) is 27.4 Å².